The Bertz CT molecular complexity index is 792. The third-order valence-corrected chi connectivity index (χ3v) is 4.17. The van der Waals surface area contributed by atoms with Gasteiger partial charge in [-0.15, -0.1) is 11.6 Å². The molecule has 1 aliphatic heterocycles. The van der Waals surface area contributed by atoms with Crippen LogP contribution >= 0.6 is 11.6 Å². The number of alkyl halides is 1. The Balaban J connectivity index is 1.74. The maximum absolute atomic E-state index is 5.84. The van der Waals surface area contributed by atoms with Crippen LogP contribution in [0.5, 0.6) is 0 Å². The van der Waals surface area contributed by atoms with Crippen LogP contribution in [0.4, 0.5) is 5.69 Å². The van der Waals surface area contributed by atoms with E-state index in [0.717, 1.165) is 35.7 Å². The standard InChI is InChI=1S/C16H15ClN4/c17-9-13-11-21-10-12(2-3-16(21)19-13)15-8-14(4-5-18-15)20-6-1-7-20/h2-5,8,10-11H,1,6-7,9H2. The van der Waals surface area contributed by atoms with Gasteiger partial charge in [-0.25, -0.2) is 4.98 Å². The van der Waals surface area contributed by atoms with E-state index in [0.29, 0.717) is 5.88 Å². The Hall–Kier alpha value is -2.07. The van der Waals surface area contributed by atoms with Crippen molar-refractivity contribution in [2.75, 3.05) is 18.0 Å². The molecule has 0 saturated carbocycles. The van der Waals surface area contributed by atoms with E-state index in [1.54, 1.807) is 0 Å². The zero-order chi connectivity index (χ0) is 14.2. The highest BCUT2D eigenvalue weighted by atomic mass is 35.5. The first-order chi connectivity index (χ1) is 10.3. The number of aromatic nitrogens is 3. The Labute approximate surface area is 128 Å². The molecule has 21 heavy (non-hydrogen) atoms. The van der Waals surface area contributed by atoms with Crippen molar-refractivity contribution in [2.45, 2.75) is 12.3 Å². The molecule has 0 spiro atoms. The predicted molar refractivity (Wildman–Crippen MR) is 84.8 cm³/mol. The molecular weight excluding hydrogens is 284 g/mol. The molecule has 5 heteroatoms. The van der Waals surface area contributed by atoms with E-state index in [9.17, 15) is 0 Å². The molecule has 0 unspecified atom stereocenters. The van der Waals surface area contributed by atoms with Gasteiger partial charge in [-0.05, 0) is 30.7 Å². The zero-order valence-corrected chi connectivity index (χ0v) is 12.3. The minimum absolute atomic E-state index is 0.430. The SMILES string of the molecule is ClCc1cn2cc(-c3cc(N4CCC4)ccn3)ccc2n1. The van der Waals surface area contributed by atoms with Crippen molar-refractivity contribution in [1.29, 1.82) is 0 Å². The maximum Gasteiger partial charge on any atom is 0.137 e. The first-order valence-electron chi connectivity index (χ1n) is 7.08. The molecule has 1 saturated heterocycles. The summed E-state index contributed by atoms with van der Waals surface area (Å²) in [5.74, 6) is 0.430. The number of halogens is 1. The van der Waals surface area contributed by atoms with Crippen molar-refractivity contribution in [1.82, 2.24) is 14.4 Å². The molecular formula is C16H15ClN4. The Kier molecular flexibility index (Phi) is 3.04. The van der Waals surface area contributed by atoms with Gasteiger partial charge in [0.25, 0.3) is 0 Å². The van der Waals surface area contributed by atoms with E-state index in [2.05, 4.69) is 39.3 Å². The molecule has 0 aromatic carbocycles. The van der Waals surface area contributed by atoms with Gasteiger partial charge in [0.05, 0.1) is 17.3 Å². The lowest BCUT2D eigenvalue weighted by molar-refractivity contribution is 0.617. The lowest BCUT2D eigenvalue weighted by Crippen LogP contribution is -2.36. The number of fused-ring (bicyclic) bond motifs is 1. The predicted octanol–water partition coefficient (Wildman–Crippen LogP) is 3.35. The second-order valence-electron chi connectivity index (χ2n) is 5.29. The highest BCUT2D eigenvalue weighted by molar-refractivity contribution is 6.16. The molecule has 4 heterocycles. The highest BCUT2D eigenvalue weighted by Gasteiger charge is 2.15. The quantitative estimate of drug-likeness (QED) is 0.695. The normalized spacial score (nSPS) is 14.4. The molecule has 106 valence electrons. The molecule has 0 amide bonds. The summed E-state index contributed by atoms with van der Waals surface area (Å²) < 4.78 is 2.00. The number of hydrogen-bond acceptors (Lipinski definition) is 3. The number of hydrogen-bond donors (Lipinski definition) is 0. The van der Waals surface area contributed by atoms with E-state index >= 15 is 0 Å². The smallest absolute Gasteiger partial charge is 0.137 e. The van der Waals surface area contributed by atoms with Crippen LogP contribution in [-0.4, -0.2) is 27.5 Å². The van der Waals surface area contributed by atoms with Gasteiger partial charge in [-0.1, -0.05) is 0 Å². The van der Waals surface area contributed by atoms with Crippen molar-refractivity contribution in [3.8, 4) is 11.3 Å². The molecule has 1 fully saturated rings. The van der Waals surface area contributed by atoms with Crippen LogP contribution in [-0.2, 0) is 5.88 Å². The Morgan fingerprint density at radius 3 is 2.81 bits per heavy atom. The summed E-state index contributed by atoms with van der Waals surface area (Å²) in [6.45, 7) is 2.28. The molecule has 1 aliphatic rings. The maximum atomic E-state index is 5.84. The monoisotopic (exact) mass is 298 g/mol. The number of nitrogens with zero attached hydrogens (tertiary/aromatic N) is 4. The number of imidazole rings is 1. The summed E-state index contributed by atoms with van der Waals surface area (Å²) >= 11 is 5.84. The topological polar surface area (TPSA) is 33.4 Å². The van der Waals surface area contributed by atoms with Gasteiger partial charge in [0, 0.05) is 42.9 Å². The summed E-state index contributed by atoms with van der Waals surface area (Å²) in [4.78, 5) is 11.3. The Morgan fingerprint density at radius 2 is 2.05 bits per heavy atom. The minimum Gasteiger partial charge on any atom is -0.371 e. The number of pyridine rings is 2. The van der Waals surface area contributed by atoms with Crippen molar-refractivity contribution >= 4 is 22.9 Å². The van der Waals surface area contributed by atoms with Crippen LogP contribution in [0, 0.1) is 0 Å². The molecule has 0 aliphatic carbocycles. The average Bonchev–Trinajstić information content (AvgIpc) is 2.88. The van der Waals surface area contributed by atoms with Crippen LogP contribution in [0.25, 0.3) is 16.9 Å². The summed E-state index contributed by atoms with van der Waals surface area (Å²) in [5.41, 5.74) is 5.12. The van der Waals surface area contributed by atoms with Gasteiger partial charge in [0.15, 0.2) is 0 Å². The van der Waals surface area contributed by atoms with Gasteiger partial charge in [0.1, 0.15) is 5.65 Å². The molecule has 4 nitrogen and oxygen atoms in total. The van der Waals surface area contributed by atoms with Crippen molar-refractivity contribution in [3.05, 3.63) is 48.5 Å². The third kappa shape index (κ3) is 2.25. The van der Waals surface area contributed by atoms with Gasteiger partial charge >= 0.3 is 0 Å². The lowest BCUT2D eigenvalue weighted by atomic mass is 10.1. The fourth-order valence-electron chi connectivity index (χ4n) is 2.61. The lowest BCUT2D eigenvalue weighted by Gasteiger charge is -2.33. The summed E-state index contributed by atoms with van der Waals surface area (Å²) in [6, 6.07) is 8.29. The van der Waals surface area contributed by atoms with Crippen molar-refractivity contribution in [2.24, 2.45) is 0 Å². The van der Waals surface area contributed by atoms with Gasteiger partial charge in [-0.2, -0.15) is 0 Å². The van der Waals surface area contributed by atoms with Crippen LogP contribution < -0.4 is 4.90 Å². The second kappa shape index (κ2) is 5.04. The first-order valence-corrected chi connectivity index (χ1v) is 7.62. The van der Waals surface area contributed by atoms with Gasteiger partial charge < -0.3 is 9.30 Å². The molecule has 0 radical (unpaired) electrons. The minimum atomic E-state index is 0.430. The molecule has 3 aromatic heterocycles. The van der Waals surface area contributed by atoms with Crippen LogP contribution in [0.15, 0.2) is 42.9 Å². The van der Waals surface area contributed by atoms with Crippen molar-refractivity contribution in [3.63, 3.8) is 0 Å². The van der Waals surface area contributed by atoms with E-state index in [4.69, 9.17) is 11.6 Å². The van der Waals surface area contributed by atoms with E-state index in [-0.39, 0.29) is 0 Å². The van der Waals surface area contributed by atoms with Gasteiger partial charge in [-0.3, -0.25) is 4.98 Å². The van der Waals surface area contributed by atoms with Gasteiger partial charge in [0.2, 0.25) is 0 Å². The van der Waals surface area contributed by atoms with Crippen LogP contribution in [0.1, 0.15) is 12.1 Å². The van der Waals surface area contributed by atoms with E-state index < -0.39 is 0 Å². The molecule has 0 N–H and O–H groups in total. The molecule has 4 rings (SSSR count). The first kappa shape index (κ1) is 12.7. The number of rotatable bonds is 3. The van der Waals surface area contributed by atoms with E-state index in [1.807, 2.05) is 22.9 Å². The van der Waals surface area contributed by atoms with E-state index in [1.165, 1.54) is 12.1 Å². The van der Waals surface area contributed by atoms with Crippen LogP contribution in [0.2, 0.25) is 0 Å². The average molecular weight is 299 g/mol. The summed E-state index contributed by atoms with van der Waals surface area (Å²) in [7, 11) is 0. The fourth-order valence-corrected chi connectivity index (χ4v) is 2.74. The second-order valence-corrected chi connectivity index (χ2v) is 5.56. The largest absolute Gasteiger partial charge is 0.371 e. The Morgan fingerprint density at radius 1 is 1.14 bits per heavy atom. The molecule has 3 aromatic rings. The van der Waals surface area contributed by atoms with Crippen LogP contribution in [0.3, 0.4) is 0 Å². The number of anilines is 1. The summed E-state index contributed by atoms with van der Waals surface area (Å²) in [5, 5.41) is 0. The summed E-state index contributed by atoms with van der Waals surface area (Å²) in [6.07, 6.45) is 7.18. The fraction of sp³-hybridized carbons (Fsp3) is 0.250. The van der Waals surface area contributed by atoms with Crippen molar-refractivity contribution < 1.29 is 0 Å². The molecule has 0 bridgehead atoms. The third-order valence-electron chi connectivity index (χ3n) is 3.90. The zero-order valence-electron chi connectivity index (χ0n) is 11.5. The highest BCUT2D eigenvalue weighted by Crippen LogP contribution is 2.25. The molecule has 0 atom stereocenters.